The summed E-state index contributed by atoms with van der Waals surface area (Å²) in [5.74, 6) is -0.825. The van der Waals surface area contributed by atoms with Gasteiger partial charge in [-0.3, -0.25) is 14.6 Å². The van der Waals surface area contributed by atoms with E-state index in [1.807, 2.05) is 0 Å². The molecule has 0 aliphatic carbocycles. The summed E-state index contributed by atoms with van der Waals surface area (Å²) in [7, 11) is 0. The van der Waals surface area contributed by atoms with Gasteiger partial charge in [-0.15, -0.1) is 0 Å². The molecule has 0 aromatic carbocycles. The number of hydrogen-bond donors (Lipinski definition) is 2. The molecule has 19 heavy (non-hydrogen) atoms. The molecular formula is C12H12N4O3. The Morgan fingerprint density at radius 2 is 2.05 bits per heavy atom. The molecule has 98 valence electrons. The van der Waals surface area contributed by atoms with E-state index in [4.69, 9.17) is 10.8 Å². The van der Waals surface area contributed by atoms with Crippen LogP contribution in [-0.4, -0.2) is 32.4 Å². The predicted molar refractivity (Wildman–Crippen MR) is 67.3 cm³/mol. The molecule has 0 bridgehead atoms. The molecule has 2 aromatic rings. The van der Waals surface area contributed by atoms with Crippen LogP contribution < -0.4 is 11.3 Å². The van der Waals surface area contributed by atoms with E-state index in [0.29, 0.717) is 11.3 Å². The van der Waals surface area contributed by atoms with E-state index in [-0.39, 0.29) is 18.7 Å². The van der Waals surface area contributed by atoms with Crippen LogP contribution in [0.25, 0.3) is 11.3 Å². The highest BCUT2D eigenvalue weighted by atomic mass is 16.3. The zero-order chi connectivity index (χ0) is 13.8. The number of nitrogens with two attached hydrogens (primary N) is 1. The Bertz CT molecular complexity index is 652. The Hall–Kier alpha value is -2.54. The van der Waals surface area contributed by atoms with Crippen LogP contribution in [0.4, 0.5) is 0 Å². The van der Waals surface area contributed by atoms with E-state index >= 15 is 0 Å². The zero-order valence-electron chi connectivity index (χ0n) is 9.98. The number of rotatable bonds is 4. The standard InChI is InChI=1S/C12H12N4O3/c13-11(18)9-7-10(8-1-3-14-4-2-8)15-16(5-6-17)12(9)19/h1-4,7,17H,5-6H2,(H2,13,18). The molecule has 0 spiro atoms. The van der Waals surface area contributed by atoms with Crippen molar-refractivity contribution in [2.75, 3.05) is 6.61 Å². The van der Waals surface area contributed by atoms with Crippen molar-refractivity contribution < 1.29 is 9.90 Å². The summed E-state index contributed by atoms with van der Waals surface area (Å²) in [5.41, 5.74) is 5.52. The fourth-order valence-corrected chi connectivity index (χ4v) is 1.63. The molecule has 2 rings (SSSR count). The first-order valence-corrected chi connectivity index (χ1v) is 5.56. The van der Waals surface area contributed by atoms with E-state index < -0.39 is 11.5 Å². The maximum absolute atomic E-state index is 11.9. The van der Waals surface area contributed by atoms with Gasteiger partial charge in [0.05, 0.1) is 18.8 Å². The molecule has 0 aliphatic heterocycles. The Morgan fingerprint density at radius 3 is 2.63 bits per heavy atom. The fraction of sp³-hybridized carbons (Fsp3) is 0.167. The number of nitrogens with zero attached hydrogens (tertiary/aromatic N) is 3. The number of amides is 1. The van der Waals surface area contributed by atoms with E-state index in [1.54, 1.807) is 24.5 Å². The minimum absolute atomic E-state index is 0.00195. The second-order valence-corrected chi connectivity index (χ2v) is 3.80. The fourth-order valence-electron chi connectivity index (χ4n) is 1.63. The van der Waals surface area contributed by atoms with Gasteiger partial charge in [0.1, 0.15) is 5.56 Å². The summed E-state index contributed by atoms with van der Waals surface area (Å²) in [5, 5.41) is 13.0. The van der Waals surface area contributed by atoms with Gasteiger partial charge in [0.25, 0.3) is 11.5 Å². The second-order valence-electron chi connectivity index (χ2n) is 3.80. The molecule has 0 saturated carbocycles. The summed E-state index contributed by atoms with van der Waals surface area (Å²) in [6, 6.07) is 4.73. The van der Waals surface area contributed by atoms with Gasteiger partial charge in [-0.25, -0.2) is 4.68 Å². The first-order valence-electron chi connectivity index (χ1n) is 5.56. The predicted octanol–water partition coefficient (Wildman–Crippen LogP) is -0.603. The first-order chi connectivity index (χ1) is 9.13. The topological polar surface area (TPSA) is 111 Å². The number of carbonyl (C=O) groups is 1. The quantitative estimate of drug-likeness (QED) is 0.762. The van der Waals surface area contributed by atoms with Crippen molar-refractivity contribution >= 4 is 5.91 Å². The van der Waals surface area contributed by atoms with Crippen LogP contribution in [0.3, 0.4) is 0 Å². The largest absolute Gasteiger partial charge is 0.394 e. The molecule has 7 heteroatoms. The lowest BCUT2D eigenvalue weighted by atomic mass is 10.1. The van der Waals surface area contributed by atoms with Gasteiger partial charge in [-0.2, -0.15) is 5.10 Å². The summed E-state index contributed by atoms with van der Waals surface area (Å²) >= 11 is 0. The molecule has 0 fully saturated rings. The van der Waals surface area contributed by atoms with Crippen LogP contribution in [0, 0.1) is 0 Å². The Morgan fingerprint density at radius 1 is 1.37 bits per heavy atom. The van der Waals surface area contributed by atoms with Crippen molar-refractivity contribution in [2.24, 2.45) is 5.73 Å². The summed E-state index contributed by atoms with van der Waals surface area (Å²) < 4.78 is 1.02. The highest BCUT2D eigenvalue weighted by Gasteiger charge is 2.13. The minimum Gasteiger partial charge on any atom is -0.394 e. The molecular weight excluding hydrogens is 248 g/mol. The minimum atomic E-state index is -0.825. The van der Waals surface area contributed by atoms with Gasteiger partial charge in [0.15, 0.2) is 0 Å². The Balaban J connectivity index is 2.63. The van der Waals surface area contributed by atoms with Gasteiger partial charge in [0.2, 0.25) is 0 Å². The van der Waals surface area contributed by atoms with Crippen LogP contribution in [0.2, 0.25) is 0 Å². The Kier molecular flexibility index (Phi) is 3.67. The number of hydrogen-bond acceptors (Lipinski definition) is 5. The van der Waals surface area contributed by atoms with Gasteiger partial charge >= 0.3 is 0 Å². The maximum atomic E-state index is 11.9. The third-order valence-corrected chi connectivity index (χ3v) is 2.53. The zero-order valence-corrected chi connectivity index (χ0v) is 9.98. The highest BCUT2D eigenvalue weighted by Crippen LogP contribution is 2.14. The number of aliphatic hydroxyl groups excluding tert-OH is 1. The highest BCUT2D eigenvalue weighted by molar-refractivity contribution is 5.93. The third-order valence-electron chi connectivity index (χ3n) is 2.53. The lowest BCUT2D eigenvalue weighted by Gasteiger charge is -2.08. The van der Waals surface area contributed by atoms with Crippen molar-refractivity contribution in [3.63, 3.8) is 0 Å². The molecule has 2 aromatic heterocycles. The van der Waals surface area contributed by atoms with Gasteiger partial charge in [-0.1, -0.05) is 0 Å². The van der Waals surface area contributed by atoms with Crippen LogP contribution in [-0.2, 0) is 6.54 Å². The molecule has 0 radical (unpaired) electrons. The molecule has 0 aliphatic rings. The average molecular weight is 260 g/mol. The van der Waals surface area contributed by atoms with Crippen molar-refractivity contribution in [2.45, 2.75) is 6.54 Å². The van der Waals surface area contributed by atoms with Crippen molar-refractivity contribution in [1.29, 1.82) is 0 Å². The lowest BCUT2D eigenvalue weighted by molar-refractivity contribution is 0.0997. The van der Waals surface area contributed by atoms with Gasteiger partial charge in [0, 0.05) is 18.0 Å². The van der Waals surface area contributed by atoms with Crippen LogP contribution in [0.15, 0.2) is 35.4 Å². The third kappa shape index (κ3) is 2.66. The van der Waals surface area contributed by atoms with E-state index in [1.165, 1.54) is 6.07 Å². The van der Waals surface area contributed by atoms with Crippen molar-refractivity contribution in [3.05, 3.63) is 46.5 Å². The van der Waals surface area contributed by atoms with E-state index in [9.17, 15) is 9.59 Å². The number of primary amides is 1. The number of carbonyl (C=O) groups excluding carboxylic acids is 1. The average Bonchev–Trinajstić information content (AvgIpc) is 2.42. The van der Waals surface area contributed by atoms with E-state index in [0.717, 1.165) is 4.68 Å². The number of aliphatic hydroxyl groups is 1. The lowest BCUT2D eigenvalue weighted by Crippen LogP contribution is -2.32. The monoisotopic (exact) mass is 260 g/mol. The van der Waals surface area contributed by atoms with Crippen molar-refractivity contribution in [3.8, 4) is 11.3 Å². The second kappa shape index (κ2) is 5.40. The summed E-state index contributed by atoms with van der Waals surface area (Å²) in [4.78, 5) is 27.0. The molecule has 0 atom stereocenters. The summed E-state index contributed by atoms with van der Waals surface area (Å²) in [6.07, 6.45) is 3.14. The maximum Gasteiger partial charge on any atom is 0.279 e. The Labute approximate surface area is 108 Å². The van der Waals surface area contributed by atoms with Gasteiger partial charge < -0.3 is 10.8 Å². The summed E-state index contributed by atoms with van der Waals surface area (Å²) in [6.45, 7) is -0.261. The molecule has 3 N–H and O–H groups in total. The van der Waals surface area contributed by atoms with Crippen molar-refractivity contribution in [1.82, 2.24) is 14.8 Å². The normalized spacial score (nSPS) is 10.4. The SMILES string of the molecule is NC(=O)c1cc(-c2ccncc2)nn(CCO)c1=O. The number of aromatic nitrogens is 3. The molecule has 1 amide bonds. The molecule has 7 nitrogen and oxygen atoms in total. The first kappa shape index (κ1) is 12.9. The smallest absolute Gasteiger partial charge is 0.279 e. The molecule has 2 heterocycles. The van der Waals surface area contributed by atoms with Gasteiger partial charge in [-0.05, 0) is 18.2 Å². The molecule has 0 saturated heterocycles. The number of pyridine rings is 1. The van der Waals surface area contributed by atoms with Crippen LogP contribution in [0.5, 0.6) is 0 Å². The molecule has 0 unspecified atom stereocenters. The van der Waals surface area contributed by atoms with Crippen LogP contribution in [0.1, 0.15) is 10.4 Å². The van der Waals surface area contributed by atoms with Crippen LogP contribution >= 0.6 is 0 Å². The van der Waals surface area contributed by atoms with E-state index in [2.05, 4.69) is 10.1 Å².